The molecule has 2 aromatic carbocycles. The number of benzene rings is 2. The number of nitrogens with zero attached hydrogens (tertiary/aromatic N) is 2. The molecule has 1 saturated heterocycles. The van der Waals surface area contributed by atoms with Crippen LogP contribution in [0.5, 0.6) is 11.5 Å². The van der Waals surface area contributed by atoms with Gasteiger partial charge >= 0.3 is 0 Å². The van der Waals surface area contributed by atoms with Crippen molar-refractivity contribution in [3.05, 3.63) is 54.3 Å². The molecular formula is C22H29FN2O4. The monoisotopic (exact) mass is 404 g/mol. The molecule has 3 rings (SSSR count). The van der Waals surface area contributed by atoms with Crippen molar-refractivity contribution in [3.8, 4) is 11.5 Å². The van der Waals surface area contributed by atoms with Crippen LogP contribution in [0.4, 0.5) is 10.1 Å². The number of β-amino-alcohol motifs (C(OH)–C–C–N with tert-alkyl or cyclic N) is 1. The summed E-state index contributed by atoms with van der Waals surface area (Å²) in [6, 6.07) is 14.0. The summed E-state index contributed by atoms with van der Waals surface area (Å²) in [6.07, 6.45) is -0.538. The molecule has 0 amide bonds. The summed E-state index contributed by atoms with van der Waals surface area (Å²) in [7, 11) is 1.62. The Kier molecular flexibility index (Phi) is 8.10. The van der Waals surface area contributed by atoms with Crippen LogP contribution >= 0.6 is 0 Å². The van der Waals surface area contributed by atoms with Crippen molar-refractivity contribution in [1.82, 2.24) is 4.90 Å². The second kappa shape index (κ2) is 11.0. The number of hydrogen-bond acceptors (Lipinski definition) is 6. The number of anilines is 1. The lowest BCUT2D eigenvalue weighted by Gasteiger charge is -2.36. The minimum absolute atomic E-state index is 0.218. The Hall–Kier alpha value is -2.35. The molecule has 1 fully saturated rings. The lowest BCUT2D eigenvalue weighted by molar-refractivity contribution is 0.00717. The first-order valence-corrected chi connectivity index (χ1v) is 9.89. The van der Waals surface area contributed by atoms with Gasteiger partial charge in [0.2, 0.25) is 0 Å². The van der Waals surface area contributed by atoms with E-state index in [9.17, 15) is 9.50 Å². The molecule has 0 unspecified atom stereocenters. The largest absolute Gasteiger partial charge is 0.497 e. The molecular weight excluding hydrogens is 375 g/mol. The Labute approximate surface area is 171 Å². The van der Waals surface area contributed by atoms with Crippen molar-refractivity contribution in [2.24, 2.45) is 0 Å². The second-order valence-electron chi connectivity index (χ2n) is 7.02. The summed E-state index contributed by atoms with van der Waals surface area (Å²) in [4.78, 5) is 4.45. The van der Waals surface area contributed by atoms with Gasteiger partial charge in [0.15, 0.2) is 0 Å². The maximum absolute atomic E-state index is 13.0. The molecule has 6 nitrogen and oxygen atoms in total. The summed E-state index contributed by atoms with van der Waals surface area (Å²) in [6.45, 7) is 5.10. The SMILES string of the molecule is COc1cccc(OCCOC[C@@H](O)CN2CCN(c3ccc(F)cc3)CC2)c1. The standard InChI is InChI=1S/C22H29FN2O4/c1-27-21-3-2-4-22(15-21)29-14-13-28-17-20(26)16-24-9-11-25(12-10-24)19-7-5-18(23)6-8-19/h2-8,15,20,26H,9-14,16-17H2,1H3/t20-/m0/s1. The van der Waals surface area contributed by atoms with Crippen LogP contribution in [0.3, 0.4) is 0 Å². The number of aliphatic hydroxyl groups excluding tert-OH is 1. The van der Waals surface area contributed by atoms with E-state index >= 15 is 0 Å². The zero-order valence-corrected chi connectivity index (χ0v) is 16.8. The second-order valence-corrected chi connectivity index (χ2v) is 7.02. The van der Waals surface area contributed by atoms with Gasteiger partial charge in [0.05, 0.1) is 26.4 Å². The summed E-state index contributed by atoms with van der Waals surface area (Å²) in [5, 5.41) is 10.2. The molecule has 1 N–H and O–H groups in total. The predicted octanol–water partition coefficient (Wildman–Crippen LogP) is 2.41. The van der Waals surface area contributed by atoms with Gasteiger partial charge in [0.25, 0.3) is 0 Å². The van der Waals surface area contributed by atoms with Crippen molar-refractivity contribution in [1.29, 1.82) is 0 Å². The first kappa shape index (κ1) is 21.4. The van der Waals surface area contributed by atoms with E-state index in [0.29, 0.717) is 19.8 Å². The third-order valence-electron chi connectivity index (χ3n) is 4.88. The Bertz CT molecular complexity index is 736. The fourth-order valence-corrected chi connectivity index (χ4v) is 3.32. The smallest absolute Gasteiger partial charge is 0.123 e. The number of aliphatic hydroxyl groups is 1. The molecule has 0 radical (unpaired) electrons. The fraction of sp³-hybridized carbons (Fsp3) is 0.455. The van der Waals surface area contributed by atoms with Gasteiger partial charge in [-0.05, 0) is 36.4 Å². The summed E-state index contributed by atoms with van der Waals surface area (Å²) in [5.41, 5.74) is 1.03. The fourth-order valence-electron chi connectivity index (χ4n) is 3.32. The Morgan fingerprint density at radius 3 is 2.45 bits per heavy atom. The maximum atomic E-state index is 13.0. The van der Waals surface area contributed by atoms with Crippen molar-refractivity contribution in [3.63, 3.8) is 0 Å². The van der Waals surface area contributed by atoms with E-state index in [1.54, 1.807) is 19.2 Å². The number of ether oxygens (including phenoxy) is 3. The van der Waals surface area contributed by atoms with Crippen molar-refractivity contribution >= 4 is 5.69 Å². The summed E-state index contributed by atoms with van der Waals surface area (Å²) >= 11 is 0. The van der Waals surface area contributed by atoms with Gasteiger partial charge < -0.3 is 24.2 Å². The number of methoxy groups -OCH3 is 1. The van der Waals surface area contributed by atoms with Crippen LogP contribution in [0.1, 0.15) is 0 Å². The van der Waals surface area contributed by atoms with E-state index in [1.807, 2.05) is 24.3 Å². The van der Waals surface area contributed by atoms with Crippen LogP contribution in [-0.2, 0) is 4.74 Å². The van der Waals surface area contributed by atoms with Gasteiger partial charge in [-0.25, -0.2) is 4.39 Å². The molecule has 158 valence electrons. The van der Waals surface area contributed by atoms with Gasteiger partial charge in [-0.2, -0.15) is 0 Å². The molecule has 1 aliphatic rings. The highest BCUT2D eigenvalue weighted by molar-refractivity contribution is 5.46. The van der Waals surface area contributed by atoms with Gasteiger partial charge in [0, 0.05) is 44.5 Å². The first-order chi connectivity index (χ1) is 14.1. The Balaban J connectivity index is 1.28. The highest BCUT2D eigenvalue weighted by Gasteiger charge is 2.19. The van der Waals surface area contributed by atoms with Gasteiger partial charge in [-0.15, -0.1) is 0 Å². The van der Waals surface area contributed by atoms with Crippen molar-refractivity contribution in [2.75, 3.05) is 64.6 Å². The number of hydrogen-bond donors (Lipinski definition) is 1. The van der Waals surface area contributed by atoms with E-state index < -0.39 is 6.10 Å². The molecule has 0 aliphatic carbocycles. The molecule has 1 atom stereocenters. The molecule has 1 heterocycles. The van der Waals surface area contributed by atoms with Crippen LogP contribution in [0, 0.1) is 5.82 Å². The third-order valence-corrected chi connectivity index (χ3v) is 4.88. The average Bonchev–Trinajstić information content (AvgIpc) is 2.75. The predicted molar refractivity (Wildman–Crippen MR) is 110 cm³/mol. The van der Waals surface area contributed by atoms with Crippen LogP contribution in [-0.4, -0.2) is 75.8 Å². The quantitative estimate of drug-likeness (QED) is 0.614. The minimum atomic E-state index is -0.538. The van der Waals surface area contributed by atoms with Crippen LogP contribution < -0.4 is 14.4 Å². The lowest BCUT2D eigenvalue weighted by atomic mass is 10.2. The van der Waals surface area contributed by atoms with E-state index in [-0.39, 0.29) is 12.4 Å². The molecule has 2 aromatic rings. The number of rotatable bonds is 10. The van der Waals surface area contributed by atoms with Crippen molar-refractivity contribution < 1.29 is 23.7 Å². The topological polar surface area (TPSA) is 54.4 Å². The first-order valence-electron chi connectivity index (χ1n) is 9.89. The van der Waals surface area contributed by atoms with E-state index in [1.165, 1.54) is 12.1 Å². The Morgan fingerprint density at radius 2 is 1.72 bits per heavy atom. The van der Waals surface area contributed by atoms with Gasteiger partial charge in [-0.3, -0.25) is 4.90 Å². The summed E-state index contributed by atoms with van der Waals surface area (Å²) in [5.74, 6) is 1.26. The Morgan fingerprint density at radius 1 is 1.00 bits per heavy atom. The maximum Gasteiger partial charge on any atom is 0.123 e. The van der Waals surface area contributed by atoms with E-state index in [2.05, 4.69) is 9.80 Å². The van der Waals surface area contributed by atoms with E-state index in [0.717, 1.165) is 43.4 Å². The molecule has 29 heavy (non-hydrogen) atoms. The number of halogens is 1. The molecule has 0 aromatic heterocycles. The summed E-state index contributed by atoms with van der Waals surface area (Å²) < 4.78 is 29.4. The molecule has 1 aliphatic heterocycles. The van der Waals surface area contributed by atoms with Gasteiger partial charge in [-0.1, -0.05) is 6.07 Å². The van der Waals surface area contributed by atoms with E-state index in [4.69, 9.17) is 14.2 Å². The van der Waals surface area contributed by atoms with Gasteiger partial charge in [0.1, 0.15) is 23.9 Å². The van der Waals surface area contributed by atoms with Crippen LogP contribution in [0.25, 0.3) is 0 Å². The third kappa shape index (κ3) is 6.88. The van der Waals surface area contributed by atoms with Crippen LogP contribution in [0.2, 0.25) is 0 Å². The molecule has 0 spiro atoms. The normalized spacial score (nSPS) is 15.9. The molecule has 0 bridgehead atoms. The lowest BCUT2D eigenvalue weighted by Crippen LogP contribution is -2.49. The highest BCUT2D eigenvalue weighted by atomic mass is 19.1. The van der Waals surface area contributed by atoms with Crippen molar-refractivity contribution in [2.45, 2.75) is 6.10 Å². The minimum Gasteiger partial charge on any atom is -0.497 e. The van der Waals surface area contributed by atoms with Crippen LogP contribution in [0.15, 0.2) is 48.5 Å². The molecule has 0 saturated carbocycles. The number of piperazine rings is 1. The zero-order valence-electron chi connectivity index (χ0n) is 16.8. The molecule has 7 heteroatoms. The highest BCUT2D eigenvalue weighted by Crippen LogP contribution is 2.19. The average molecular weight is 404 g/mol. The zero-order chi connectivity index (χ0) is 20.5.